The van der Waals surface area contributed by atoms with E-state index in [1.165, 1.54) is 0 Å². The smallest absolute Gasteiger partial charge is 0.359 e. The van der Waals surface area contributed by atoms with E-state index in [0.717, 1.165) is 10.9 Å². The van der Waals surface area contributed by atoms with E-state index >= 15 is 0 Å². The summed E-state index contributed by atoms with van der Waals surface area (Å²) in [5.74, 6) is 0.0747. The van der Waals surface area contributed by atoms with Gasteiger partial charge in [-0.05, 0) is 18.2 Å². The minimum atomic E-state index is -0.486. The van der Waals surface area contributed by atoms with Crippen molar-refractivity contribution in [3.05, 3.63) is 59.2 Å². The molecule has 112 valence electrons. The molecule has 0 atom stereocenters. The average Bonchev–Trinajstić information content (AvgIpc) is 2.97. The Labute approximate surface area is 131 Å². The molecule has 0 spiro atoms. The number of esters is 1. The van der Waals surface area contributed by atoms with Gasteiger partial charge in [0.1, 0.15) is 19.0 Å². The molecular weight excluding hydrogens is 304 g/mol. The second kappa shape index (κ2) is 6.49. The lowest BCUT2D eigenvalue weighted by Crippen LogP contribution is -2.13. The molecule has 1 N–H and O–H groups in total. The zero-order chi connectivity index (χ0) is 15.4. The van der Waals surface area contributed by atoms with Crippen LogP contribution in [0.2, 0.25) is 5.02 Å². The number of rotatable bonds is 5. The van der Waals surface area contributed by atoms with Gasteiger partial charge in [0, 0.05) is 5.39 Å². The largest absolute Gasteiger partial charge is 0.488 e. The van der Waals surface area contributed by atoms with Crippen LogP contribution in [0, 0.1) is 0 Å². The van der Waals surface area contributed by atoms with E-state index in [1.807, 2.05) is 36.4 Å². The van der Waals surface area contributed by atoms with Crippen LogP contribution in [0.25, 0.3) is 10.9 Å². The third-order valence-electron chi connectivity index (χ3n) is 3.07. The Bertz CT molecular complexity index is 801. The van der Waals surface area contributed by atoms with Crippen LogP contribution in [0.5, 0.6) is 5.75 Å². The Morgan fingerprint density at radius 2 is 1.86 bits per heavy atom. The minimum Gasteiger partial charge on any atom is -0.488 e. The number of para-hydroxylation sites is 2. The molecule has 5 nitrogen and oxygen atoms in total. The van der Waals surface area contributed by atoms with Crippen LogP contribution in [0.15, 0.2) is 48.5 Å². The molecule has 0 amide bonds. The zero-order valence-corrected chi connectivity index (χ0v) is 12.3. The first-order chi connectivity index (χ1) is 10.8. The number of aromatic nitrogens is 2. The van der Waals surface area contributed by atoms with Crippen molar-refractivity contribution in [3.63, 3.8) is 0 Å². The molecule has 22 heavy (non-hydrogen) atoms. The summed E-state index contributed by atoms with van der Waals surface area (Å²) in [6.45, 7) is 0.336. The number of halogens is 1. The maximum absolute atomic E-state index is 12.0. The summed E-state index contributed by atoms with van der Waals surface area (Å²) in [6, 6.07) is 14.5. The third kappa shape index (κ3) is 3.04. The zero-order valence-electron chi connectivity index (χ0n) is 11.6. The minimum absolute atomic E-state index is 0.116. The second-order valence-electron chi connectivity index (χ2n) is 4.53. The molecule has 0 aliphatic carbocycles. The molecule has 2 aromatic carbocycles. The summed E-state index contributed by atoms with van der Waals surface area (Å²) in [4.78, 5) is 12.0. The molecule has 0 fully saturated rings. The van der Waals surface area contributed by atoms with E-state index in [-0.39, 0.29) is 18.9 Å². The van der Waals surface area contributed by atoms with Crippen molar-refractivity contribution in [2.24, 2.45) is 0 Å². The van der Waals surface area contributed by atoms with E-state index in [2.05, 4.69) is 10.2 Å². The lowest BCUT2D eigenvalue weighted by Gasteiger charge is -2.07. The number of carbonyl (C=O) groups is 1. The number of nitrogens with one attached hydrogen (secondary N) is 1. The maximum Gasteiger partial charge on any atom is 0.359 e. The number of H-pyrrole nitrogens is 1. The molecule has 0 aliphatic rings. The quantitative estimate of drug-likeness (QED) is 0.578. The molecule has 1 aromatic heterocycles. The van der Waals surface area contributed by atoms with Gasteiger partial charge >= 0.3 is 5.97 Å². The standard InChI is InChI=1S/C16H13ClN2O3/c17-12-6-2-4-8-14(12)21-9-10-22-16(20)15-11-5-1-3-7-13(11)18-19-15/h1-8H,9-10H2,(H,18,19). The van der Waals surface area contributed by atoms with E-state index in [4.69, 9.17) is 21.1 Å². The first-order valence-electron chi connectivity index (χ1n) is 6.73. The van der Waals surface area contributed by atoms with Gasteiger partial charge in [0.15, 0.2) is 5.69 Å². The van der Waals surface area contributed by atoms with Crippen LogP contribution in [0.4, 0.5) is 0 Å². The van der Waals surface area contributed by atoms with Crippen LogP contribution in [-0.2, 0) is 4.74 Å². The second-order valence-corrected chi connectivity index (χ2v) is 4.94. The summed E-state index contributed by atoms with van der Waals surface area (Å²) in [5, 5.41) is 8.03. The predicted molar refractivity (Wildman–Crippen MR) is 83.3 cm³/mol. The lowest BCUT2D eigenvalue weighted by atomic mass is 10.2. The van der Waals surface area contributed by atoms with Crippen LogP contribution in [-0.4, -0.2) is 29.4 Å². The highest BCUT2D eigenvalue weighted by atomic mass is 35.5. The van der Waals surface area contributed by atoms with Crippen molar-refractivity contribution in [1.82, 2.24) is 10.2 Å². The van der Waals surface area contributed by atoms with Crippen molar-refractivity contribution in [2.75, 3.05) is 13.2 Å². The number of hydrogen-bond donors (Lipinski definition) is 1. The molecular formula is C16H13ClN2O3. The molecule has 0 saturated carbocycles. The fourth-order valence-corrected chi connectivity index (χ4v) is 2.23. The van der Waals surface area contributed by atoms with Crippen molar-refractivity contribution in [3.8, 4) is 5.75 Å². The topological polar surface area (TPSA) is 64.2 Å². The number of carbonyl (C=O) groups excluding carboxylic acids is 1. The van der Waals surface area contributed by atoms with Crippen molar-refractivity contribution in [2.45, 2.75) is 0 Å². The Hall–Kier alpha value is -2.53. The van der Waals surface area contributed by atoms with Gasteiger partial charge in [0.2, 0.25) is 0 Å². The average molecular weight is 317 g/mol. The number of ether oxygens (including phenoxy) is 2. The van der Waals surface area contributed by atoms with Crippen LogP contribution in [0.1, 0.15) is 10.5 Å². The number of hydrogen-bond acceptors (Lipinski definition) is 4. The number of benzene rings is 2. The van der Waals surface area contributed by atoms with Crippen LogP contribution >= 0.6 is 11.6 Å². The molecule has 0 aliphatic heterocycles. The van der Waals surface area contributed by atoms with Gasteiger partial charge in [-0.1, -0.05) is 41.9 Å². The first kappa shape index (κ1) is 14.4. The van der Waals surface area contributed by atoms with Crippen molar-refractivity contribution in [1.29, 1.82) is 0 Å². The molecule has 0 radical (unpaired) electrons. The molecule has 3 aromatic rings. The lowest BCUT2D eigenvalue weighted by molar-refractivity contribution is 0.0446. The normalized spacial score (nSPS) is 10.6. The fraction of sp³-hybridized carbons (Fsp3) is 0.125. The van der Waals surface area contributed by atoms with E-state index < -0.39 is 5.97 Å². The highest BCUT2D eigenvalue weighted by Gasteiger charge is 2.15. The number of aromatic amines is 1. The van der Waals surface area contributed by atoms with Gasteiger partial charge in [0.05, 0.1) is 10.5 Å². The Balaban J connectivity index is 1.56. The van der Waals surface area contributed by atoms with Gasteiger partial charge in [-0.2, -0.15) is 5.10 Å². The van der Waals surface area contributed by atoms with Gasteiger partial charge < -0.3 is 9.47 Å². The highest BCUT2D eigenvalue weighted by Crippen LogP contribution is 2.23. The summed E-state index contributed by atoms with van der Waals surface area (Å²) in [5.41, 5.74) is 1.06. The van der Waals surface area contributed by atoms with E-state index in [9.17, 15) is 4.79 Å². The fourth-order valence-electron chi connectivity index (χ4n) is 2.04. The van der Waals surface area contributed by atoms with Crippen molar-refractivity contribution >= 4 is 28.5 Å². The number of nitrogens with zero attached hydrogens (tertiary/aromatic N) is 1. The summed E-state index contributed by atoms with van der Waals surface area (Å²) >= 11 is 5.97. The maximum atomic E-state index is 12.0. The third-order valence-corrected chi connectivity index (χ3v) is 3.39. The molecule has 0 bridgehead atoms. The first-order valence-corrected chi connectivity index (χ1v) is 7.11. The Morgan fingerprint density at radius 1 is 1.09 bits per heavy atom. The number of fused-ring (bicyclic) bond motifs is 1. The van der Waals surface area contributed by atoms with Gasteiger partial charge in [-0.15, -0.1) is 0 Å². The molecule has 0 unspecified atom stereocenters. The highest BCUT2D eigenvalue weighted by molar-refractivity contribution is 6.32. The van der Waals surface area contributed by atoms with E-state index in [0.29, 0.717) is 10.8 Å². The molecule has 0 saturated heterocycles. The summed E-state index contributed by atoms with van der Waals surface area (Å²) in [7, 11) is 0. The van der Waals surface area contributed by atoms with Gasteiger partial charge in [0.25, 0.3) is 0 Å². The molecule has 6 heteroatoms. The SMILES string of the molecule is O=C(OCCOc1ccccc1Cl)c1n[nH]c2ccccc12. The molecule has 3 rings (SSSR count). The Kier molecular flexibility index (Phi) is 4.25. The predicted octanol–water partition coefficient (Wildman–Crippen LogP) is 3.45. The van der Waals surface area contributed by atoms with Crippen molar-refractivity contribution < 1.29 is 14.3 Å². The Morgan fingerprint density at radius 3 is 2.73 bits per heavy atom. The van der Waals surface area contributed by atoms with Gasteiger partial charge in [-0.25, -0.2) is 4.79 Å². The van der Waals surface area contributed by atoms with Gasteiger partial charge in [-0.3, -0.25) is 5.10 Å². The van der Waals surface area contributed by atoms with E-state index in [1.54, 1.807) is 12.1 Å². The monoisotopic (exact) mass is 316 g/mol. The summed E-state index contributed by atoms with van der Waals surface area (Å²) in [6.07, 6.45) is 0. The summed E-state index contributed by atoms with van der Waals surface area (Å²) < 4.78 is 10.6. The van der Waals surface area contributed by atoms with Crippen LogP contribution < -0.4 is 4.74 Å². The molecule has 1 heterocycles. The van der Waals surface area contributed by atoms with Crippen LogP contribution in [0.3, 0.4) is 0 Å².